The minimum absolute atomic E-state index is 0.0838. The molecule has 4 heteroatoms. The van der Waals surface area contributed by atoms with Crippen molar-refractivity contribution in [2.24, 2.45) is 5.92 Å². The molecule has 0 bridgehead atoms. The predicted molar refractivity (Wildman–Crippen MR) is 73.0 cm³/mol. The molecule has 102 valence electrons. The highest BCUT2D eigenvalue weighted by Gasteiger charge is 2.23. The minimum atomic E-state index is -2.85. The number of nitrogens with one attached hydrogen (secondary N) is 1. The van der Waals surface area contributed by atoms with Crippen LogP contribution >= 0.6 is 0 Å². The van der Waals surface area contributed by atoms with Gasteiger partial charge in [-0.2, -0.15) is 0 Å². The lowest BCUT2D eigenvalue weighted by molar-refractivity contribution is 0.269. The van der Waals surface area contributed by atoms with Crippen LogP contribution in [0, 0.1) is 5.92 Å². The van der Waals surface area contributed by atoms with Crippen molar-refractivity contribution in [3.8, 4) is 0 Å². The zero-order chi connectivity index (χ0) is 12.9. The smallest absolute Gasteiger partial charge is 0.151 e. The summed E-state index contributed by atoms with van der Waals surface area (Å²) in [6.07, 6.45) is 6.29. The van der Waals surface area contributed by atoms with Crippen LogP contribution in [0.5, 0.6) is 0 Å². The highest BCUT2D eigenvalue weighted by Crippen LogP contribution is 2.26. The molecule has 0 heterocycles. The fourth-order valence-corrected chi connectivity index (χ4v) is 3.86. The highest BCUT2D eigenvalue weighted by molar-refractivity contribution is 7.91. The van der Waals surface area contributed by atoms with Crippen molar-refractivity contribution < 1.29 is 8.42 Å². The van der Waals surface area contributed by atoms with Crippen LogP contribution in [0.3, 0.4) is 0 Å². The van der Waals surface area contributed by atoms with Gasteiger partial charge in [0.05, 0.1) is 5.75 Å². The molecule has 0 aromatic heterocycles. The molecule has 3 unspecified atom stereocenters. The van der Waals surface area contributed by atoms with Gasteiger partial charge in [0.1, 0.15) is 0 Å². The molecule has 1 rings (SSSR count). The van der Waals surface area contributed by atoms with Gasteiger partial charge in [-0.3, -0.25) is 0 Å². The fourth-order valence-electron chi connectivity index (χ4n) is 2.76. The first-order chi connectivity index (χ1) is 7.96. The van der Waals surface area contributed by atoms with Crippen LogP contribution in [0.1, 0.15) is 52.9 Å². The van der Waals surface area contributed by atoms with E-state index < -0.39 is 9.84 Å². The summed E-state index contributed by atoms with van der Waals surface area (Å²) in [7, 11) is -2.85. The van der Waals surface area contributed by atoms with E-state index in [0.29, 0.717) is 6.04 Å². The molecule has 0 spiro atoms. The molecule has 3 atom stereocenters. The third-order valence-electron chi connectivity index (χ3n) is 3.82. The van der Waals surface area contributed by atoms with Gasteiger partial charge in [0.15, 0.2) is 9.84 Å². The van der Waals surface area contributed by atoms with Crippen molar-refractivity contribution in [2.45, 2.75) is 65.0 Å². The van der Waals surface area contributed by atoms with Crippen molar-refractivity contribution in [2.75, 3.05) is 11.5 Å². The first kappa shape index (κ1) is 15.0. The van der Waals surface area contributed by atoms with Crippen molar-refractivity contribution in [3.63, 3.8) is 0 Å². The third-order valence-corrected chi connectivity index (χ3v) is 5.71. The average Bonchev–Trinajstić information content (AvgIpc) is 2.28. The Morgan fingerprint density at radius 2 is 2.00 bits per heavy atom. The summed E-state index contributed by atoms with van der Waals surface area (Å²) < 4.78 is 23.1. The SMILES string of the molecule is CCC1CCCC(NC(C)CS(=O)(=O)CC)C1. The van der Waals surface area contributed by atoms with E-state index >= 15 is 0 Å². The largest absolute Gasteiger partial charge is 0.310 e. The Balaban J connectivity index is 2.38. The second-order valence-electron chi connectivity index (χ2n) is 5.40. The van der Waals surface area contributed by atoms with Crippen LogP contribution in [0.2, 0.25) is 0 Å². The van der Waals surface area contributed by atoms with Crippen LogP contribution < -0.4 is 5.32 Å². The molecule has 0 aromatic carbocycles. The zero-order valence-electron chi connectivity index (χ0n) is 11.4. The van der Waals surface area contributed by atoms with E-state index in [0.717, 1.165) is 5.92 Å². The molecular weight excluding hydrogens is 234 g/mol. The second-order valence-corrected chi connectivity index (χ2v) is 7.80. The number of rotatable bonds is 6. The van der Waals surface area contributed by atoms with Crippen molar-refractivity contribution >= 4 is 9.84 Å². The second kappa shape index (κ2) is 6.74. The van der Waals surface area contributed by atoms with Gasteiger partial charge < -0.3 is 5.32 Å². The summed E-state index contributed by atoms with van der Waals surface area (Å²) in [6.45, 7) is 5.95. The molecule has 1 aliphatic carbocycles. The quantitative estimate of drug-likeness (QED) is 0.798. The Morgan fingerprint density at radius 3 is 2.59 bits per heavy atom. The molecule has 0 aromatic rings. The zero-order valence-corrected chi connectivity index (χ0v) is 12.2. The molecular formula is C13H27NO2S. The monoisotopic (exact) mass is 261 g/mol. The van der Waals surface area contributed by atoms with Gasteiger partial charge in [0.2, 0.25) is 0 Å². The Kier molecular flexibility index (Phi) is 5.93. The lowest BCUT2D eigenvalue weighted by atomic mass is 9.84. The molecule has 0 aliphatic heterocycles. The fraction of sp³-hybridized carbons (Fsp3) is 1.00. The van der Waals surface area contributed by atoms with Crippen LogP contribution in [0.15, 0.2) is 0 Å². The van der Waals surface area contributed by atoms with Gasteiger partial charge in [-0.25, -0.2) is 8.42 Å². The number of sulfone groups is 1. The Labute approximate surface area is 106 Å². The maximum absolute atomic E-state index is 11.5. The van der Waals surface area contributed by atoms with Gasteiger partial charge in [0, 0.05) is 17.8 Å². The van der Waals surface area contributed by atoms with Crippen molar-refractivity contribution in [3.05, 3.63) is 0 Å². The van der Waals surface area contributed by atoms with Crippen LogP contribution in [0.25, 0.3) is 0 Å². The summed E-state index contributed by atoms with van der Waals surface area (Å²) in [6, 6.07) is 0.608. The lowest BCUT2D eigenvalue weighted by Gasteiger charge is -2.31. The highest BCUT2D eigenvalue weighted by atomic mass is 32.2. The summed E-state index contributed by atoms with van der Waals surface area (Å²) in [5.41, 5.74) is 0. The van der Waals surface area contributed by atoms with E-state index in [1.54, 1.807) is 6.92 Å². The van der Waals surface area contributed by atoms with Gasteiger partial charge in [-0.05, 0) is 25.7 Å². The first-order valence-corrected chi connectivity index (χ1v) is 8.75. The van der Waals surface area contributed by atoms with E-state index in [4.69, 9.17) is 0 Å². The summed E-state index contributed by atoms with van der Waals surface area (Å²) >= 11 is 0. The predicted octanol–water partition coefficient (Wildman–Crippen LogP) is 2.37. The lowest BCUT2D eigenvalue weighted by Crippen LogP contribution is -2.43. The summed E-state index contributed by atoms with van der Waals surface area (Å²) in [5, 5.41) is 3.49. The molecule has 1 N–H and O–H groups in total. The minimum Gasteiger partial charge on any atom is -0.310 e. The molecule has 17 heavy (non-hydrogen) atoms. The van der Waals surface area contributed by atoms with Crippen molar-refractivity contribution in [1.29, 1.82) is 0 Å². The Hall–Kier alpha value is -0.0900. The van der Waals surface area contributed by atoms with Crippen LogP contribution in [-0.2, 0) is 9.84 Å². The molecule has 0 radical (unpaired) electrons. The molecule has 1 aliphatic rings. The number of hydrogen-bond donors (Lipinski definition) is 1. The first-order valence-electron chi connectivity index (χ1n) is 6.93. The van der Waals surface area contributed by atoms with Gasteiger partial charge in [-0.1, -0.05) is 33.1 Å². The molecule has 1 fully saturated rings. The summed E-state index contributed by atoms with van der Waals surface area (Å²) in [5.74, 6) is 1.36. The topological polar surface area (TPSA) is 46.2 Å². The van der Waals surface area contributed by atoms with Gasteiger partial charge in [-0.15, -0.1) is 0 Å². The van der Waals surface area contributed by atoms with Gasteiger partial charge in [0.25, 0.3) is 0 Å². The van der Waals surface area contributed by atoms with Crippen LogP contribution in [-0.4, -0.2) is 32.0 Å². The van der Waals surface area contributed by atoms with Gasteiger partial charge >= 0.3 is 0 Å². The molecule has 0 amide bonds. The Morgan fingerprint density at radius 1 is 1.29 bits per heavy atom. The van der Waals surface area contributed by atoms with Crippen LogP contribution in [0.4, 0.5) is 0 Å². The standard InChI is InChI=1S/C13H27NO2S/c1-4-12-7-6-8-13(9-12)14-11(3)10-17(15,16)5-2/h11-14H,4-10H2,1-3H3. The average molecular weight is 261 g/mol. The van der Waals surface area contributed by atoms with Crippen molar-refractivity contribution in [1.82, 2.24) is 5.32 Å². The summed E-state index contributed by atoms with van der Waals surface area (Å²) in [4.78, 5) is 0. The molecule has 1 saturated carbocycles. The maximum Gasteiger partial charge on any atom is 0.151 e. The number of hydrogen-bond acceptors (Lipinski definition) is 3. The van der Waals surface area contributed by atoms with E-state index in [1.165, 1.54) is 32.1 Å². The third kappa shape index (κ3) is 5.38. The van der Waals surface area contributed by atoms with E-state index in [-0.39, 0.29) is 17.5 Å². The van der Waals surface area contributed by atoms with E-state index in [1.807, 2.05) is 6.92 Å². The molecule has 0 saturated heterocycles. The van der Waals surface area contributed by atoms with E-state index in [9.17, 15) is 8.42 Å². The molecule has 3 nitrogen and oxygen atoms in total. The Bertz CT molecular complexity index is 313. The normalized spacial score (nSPS) is 27.9. The maximum atomic E-state index is 11.5. The van der Waals surface area contributed by atoms with E-state index in [2.05, 4.69) is 12.2 Å².